The lowest BCUT2D eigenvalue weighted by atomic mass is 9.79. The minimum absolute atomic E-state index is 0.0686. The van der Waals surface area contributed by atoms with Crippen LogP contribution >= 0.6 is 0 Å². The topological polar surface area (TPSA) is 50.4 Å². The van der Waals surface area contributed by atoms with E-state index in [1.807, 2.05) is 18.2 Å². The van der Waals surface area contributed by atoms with E-state index in [1.54, 1.807) is 0 Å². The lowest BCUT2D eigenvalue weighted by molar-refractivity contribution is 0.0913. The van der Waals surface area contributed by atoms with E-state index >= 15 is 0 Å². The molecule has 3 atom stereocenters. The van der Waals surface area contributed by atoms with Crippen LogP contribution in [0.15, 0.2) is 18.2 Å². The van der Waals surface area contributed by atoms with Crippen molar-refractivity contribution in [1.29, 1.82) is 0 Å². The second kappa shape index (κ2) is 5.34. The Labute approximate surface area is 125 Å². The van der Waals surface area contributed by atoms with Gasteiger partial charge in [-0.25, -0.2) is 0 Å². The fourth-order valence-corrected chi connectivity index (χ4v) is 4.03. The average Bonchev–Trinajstić information content (AvgIpc) is 3.14. The van der Waals surface area contributed by atoms with E-state index in [0.29, 0.717) is 6.04 Å². The quantitative estimate of drug-likeness (QED) is 0.870. The van der Waals surface area contributed by atoms with Gasteiger partial charge in [-0.05, 0) is 68.0 Å². The second-order valence-corrected chi connectivity index (χ2v) is 6.58. The molecule has 1 unspecified atom stereocenters. The zero-order valence-electron chi connectivity index (χ0n) is 12.2. The van der Waals surface area contributed by atoms with Crippen molar-refractivity contribution in [3.05, 3.63) is 29.3 Å². The molecule has 112 valence electrons. The molecule has 21 heavy (non-hydrogen) atoms. The second-order valence-electron chi connectivity index (χ2n) is 6.58. The third kappa shape index (κ3) is 2.53. The van der Waals surface area contributed by atoms with E-state index in [9.17, 15) is 4.79 Å². The Hall–Kier alpha value is -1.55. The first-order chi connectivity index (χ1) is 10.3. The summed E-state index contributed by atoms with van der Waals surface area (Å²) >= 11 is 0. The largest absolute Gasteiger partial charge is 0.493 e. The van der Waals surface area contributed by atoms with Crippen molar-refractivity contribution < 1.29 is 9.53 Å². The summed E-state index contributed by atoms with van der Waals surface area (Å²) in [4.78, 5) is 12.4. The van der Waals surface area contributed by atoms with Crippen molar-refractivity contribution in [2.24, 2.45) is 11.8 Å². The van der Waals surface area contributed by atoms with Crippen LogP contribution in [0.4, 0.5) is 0 Å². The van der Waals surface area contributed by atoms with Gasteiger partial charge < -0.3 is 15.4 Å². The number of rotatable bonds is 2. The average molecular weight is 286 g/mol. The van der Waals surface area contributed by atoms with Crippen molar-refractivity contribution in [1.82, 2.24) is 10.6 Å². The molecule has 3 aliphatic rings. The standard InChI is InChI=1S/C17H22N2O2/c20-17(12-2-4-16-11(7-12)5-6-21-16)19-15-3-1-13-9-18-10-14(13)8-15/h2,4,7,13-15,18H,1,3,5-6,8-10H2,(H,19,20)/t13-,14+,15?/m0/s1. The maximum absolute atomic E-state index is 12.4. The Morgan fingerprint density at radius 3 is 3.10 bits per heavy atom. The molecule has 0 spiro atoms. The Bertz CT molecular complexity index is 558. The van der Waals surface area contributed by atoms with Gasteiger partial charge in [0.1, 0.15) is 5.75 Å². The van der Waals surface area contributed by atoms with Crippen LogP contribution in [0.25, 0.3) is 0 Å². The van der Waals surface area contributed by atoms with E-state index in [0.717, 1.165) is 67.7 Å². The van der Waals surface area contributed by atoms with Gasteiger partial charge in [0, 0.05) is 18.0 Å². The van der Waals surface area contributed by atoms with Crippen LogP contribution < -0.4 is 15.4 Å². The van der Waals surface area contributed by atoms with Gasteiger partial charge in [-0.1, -0.05) is 0 Å². The lowest BCUT2D eigenvalue weighted by Gasteiger charge is -2.31. The van der Waals surface area contributed by atoms with E-state index in [1.165, 1.54) is 6.42 Å². The van der Waals surface area contributed by atoms with Crippen molar-refractivity contribution in [2.75, 3.05) is 19.7 Å². The molecule has 2 N–H and O–H groups in total. The molecule has 2 fully saturated rings. The van der Waals surface area contributed by atoms with Gasteiger partial charge >= 0.3 is 0 Å². The van der Waals surface area contributed by atoms with E-state index in [4.69, 9.17) is 4.74 Å². The van der Waals surface area contributed by atoms with Crippen LogP contribution in [0, 0.1) is 11.8 Å². The molecule has 1 saturated heterocycles. The number of carbonyl (C=O) groups is 1. The van der Waals surface area contributed by atoms with Crippen LogP contribution in [-0.4, -0.2) is 31.6 Å². The Morgan fingerprint density at radius 2 is 2.14 bits per heavy atom. The minimum Gasteiger partial charge on any atom is -0.493 e. The number of fused-ring (bicyclic) bond motifs is 2. The molecule has 4 rings (SSSR count). The van der Waals surface area contributed by atoms with Crippen LogP contribution in [0.1, 0.15) is 35.2 Å². The molecule has 4 nitrogen and oxygen atoms in total. The fourth-order valence-electron chi connectivity index (χ4n) is 4.03. The number of nitrogens with one attached hydrogen (secondary N) is 2. The Balaban J connectivity index is 1.41. The molecule has 0 bridgehead atoms. The first kappa shape index (κ1) is 13.1. The summed E-state index contributed by atoms with van der Waals surface area (Å²) in [6, 6.07) is 6.13. The van der Waals surface area contributed by atoms with Crippen LogP contribution in [0.5, 0.6) is 5.75 Å². The zero-order valence-corrected chi connectivity index (χ0v) is 12.2. The van der Waals surface area contributed by atoms with Crippen molar-refractivity contribution in [3.63, 3.8) is 0 Å². The summed E-state index contributed by atoms with van der Waals surface area (Å²) in [5.41, 5.74) is 1.93. The molecular formula is C17H22N2O2. The van der Waals surface area contributed by atoms with E-state index in [2.05, 4.69) is 10.6 Å². The summed E-state index contributed by atoms with van der Waals surface area (Å²) in [7, 11) is 0. The van der Waals surface area contributed by atoms with Crippen molar-refractivity contribution in [3.8, 4) is 5.75 Å². The molecule has 2 aliphatic heterocycles. The van der Waals surface area contributed by atoms with Crippen LogP contribution in [0.3, 0.4) is 0 Å². The first-order valence-corrected chi connectivity index (χ1v) is 8.07. The number of hydrogen-bond donors (Lipinski definition) is 2. The monoisotopic (exact) mass is 286 g/mol. The van der Waals surface area contributed by atoms with Crippen LogP contribution in [0.2, 0.25) is 0 Å². The predicted octanol–water partition coefficient (Wildman–Crippen LogP) is 1.74. The third-order valence-electron chi connectivity index (χ3n) is 5.24. The lowest BCUT2D eigenvalue weighted by Crippen LogP contribution is -2.40. The summed E-state index contributed by atoms with van der Waals surface area (Å²) in [6.45, 7) is 3.02. The van der Waals surface area contributed by atoms with Crippen molar-refractivity contribution in [2.45, 2.75) is 31.7 Å². The summed E-state index contributed by atoms with van der Waals surface area (Å²) in [5, 5.41) is 6.70. The van der Waals surface area contributed by atoms with Gasteiger partial charge in [0.05, 0.1) is 6.61 Å². The number of carbonyl (C=O) groups excluding carboxylic acids is 1. The van der Waals surface area contributed by atoms with E-state index < -0.39 is 0 Å². The highest BCUT2D eigenvalue weighted by molar-refractivity contribution is 5.94. The molecule has 0 aromatic heterocycles. The molecule has 1 amide bonds. The highest BCUT2D eigenvalue weighted by atomic mass is 16.5. The number of ether oxygens (including phenoxy) is 1. The van der Waals surface area contributed by atoms with Crippen molar-refractivity contribution >= 4 is 5.91 Å². The maximum Gasteiger partial charge on any atom is 0.251 e. The zero-order chi connectivity index (χ0) is 14.2. The van der Waals surface area contributed by atoms with E-state index in [-0.39, 0.29) is 5.91 Å². The molecular weight excluding hydrogens is 264 g/mol. The summed E-state index contributed by atoms with van der Waals surface area (Å²) < 4.78 is 5.49. The smallest absolute Gasteiger partial charge is 0.251 e. The maximum atomic E-state index is 12.4. The normalized spacial score (nSPS) is 30.4. The highest BCUT2D eigenvalue weighted by Crippen LogP contribution is 2.33. The van der Waals surface area contributed by atoms with Gasteiger partial charge in [-0.15, -0.1) is 0 Å². The van der Waals surface area contributed by atoms with Gasteiger partial charge in [0.2, 0.25) is 0 Å². The van der Waals surface area contributed by atoms with Gasteiger partial charge in [-0.3, -0.25) is 4.79 Å². The molecule has 1 aliphatic carbocycles. The van der Waals surface area contributed by atoms with Gasteiger partial charge in [0.15, 0.2) is 0 Å². The molecule has 0 radical (unpaired) electrons. The predicted molar refractivity (Wildman–Crippen MR) is 80.6 cm³/mol. The third-order valence-corrected chi connectivity index (χ3v) is 5.24. The van der Waals surface area contributed by atoms with Crippen LogP contribution in [-0.2, 0) is 6.42 Å². The molecule has 1 aromatic rings. The van der Waals surface area contributed by atoms with Gasteiger partial charge in [-0.2, -0.15) is 0 Å². The number of benzene rings is 1. The van der Waals surface area contributed by atoms with Gasteiger partial charge in [0.25, 0.3) is 5.91 Å². The molecule has 1 aromatic carbocycles. The number of amides is 1. The first-order valence-electron chi connectivity index (χ1n) is 8.07. The highest BCUT2D eigenvalue weighted by Gasteiger charge is 2.34. The molecule has 1 saturated carbocycles. The SMILES string of the molecule is O=C(NC1CC[C@H]2CNC[C@H]2C1)c1ccc2c(c1)CCO2. The summed E-state index contributed by atoms with van der Waals surface area (Å²) in [5.74, 6) is 2.58. The Kier molecular flexibility index (Phi) is 3.34. The Morgan fingerprint density at radius 1 is 1.24 bits per heavy atom. The minimum atomic E-state index is 0.0686. The fraction of sp³-hybridized carbons (Fsp3) is 0.588. The molecule has 2 heterocycles. The number of hydrogen-bond acceptors (Lipinski definition) is 3. The summed E-state index contributed by atoms with van der Waals surface area (Å²) in [6.07, 6.45) is 4.38. The molecule has 4 heteroatoms.